The first-order valence-electron chi connectivity index (χ1n) is 24.4. The number of benzene rings is 2. The number of aliphatic hydroxyl groups excluding tert-OH is 1. The van der Waals surface area contributed by atoms with Crippen molar-refractivity contribution in [2.24, 2.45) is 0 Å². The van der Waals surface area contributed by atoms with Crippen LogP contribution in [0.1, 0.15) is 91.1 Å². The maximum absolute atomic E-state index is 12.0. The van der Waals surface area contributed by atoms with Crippen LogP contribution >= 0.6 is 22.7 Å². The Kier molecular flexibility index (Phi) is 22.2. The van der Waals surface area contributed by atoms with E-state index in [4.69, 9.17) is 18.9 Å². The van der Waals surface area contributed by atoms with Crippen LogP contribution in [0.4, 0.5) is 11.6 Å². The fourth-order valence-corrected chi connectivity index (χ4v) is 12.3. The van der Waals surface area contributed by atoms with Crippen molar-refractivity contribution in [1.82, 2.24) is 29.7 Å². The van der Waals surface area contributed by atoms with E-state index in [0.29, 0.717) is 37.2 Å². The van der Waals surface area contributed by atoms with Gasteiger partial charge in [0.25, 0.3) is 0 Å². The van der Waals surface area contributed by atoms with Gasteiger partial charge in [-0.25, -0.2) is 19.9 Å². The van der Waals surface area contributed by atoms with Crippen LogP contribution in [-0.2, 0) is 36.6 Å². The number of ether oxygens (including phenoxy) is 4. The van der Waals surface area contributed by atoms with E-state index in [9.17, 15) is 9.90 Å². The number of thiophene rings is 2. The molecule has 0 bridgehead atoms. The summed E-state index contributed by atoms with van der Waals surface area (Å²) in [6, 6.07) is 14.9. The third-order valence-electron chi connectivity index (χ3n) is 13.7. The molecule has 11 rings (SSSR count). The molecule has 14 nitrogen and oxygen atoms in total. The molecule has 69 heavy (non-hydrogen) atoms. The fraction of sp³-hybridized carbons (Fsp3) is 0.588. The largest absolute Gasteiger partial charge is 1.00 e. The number of carbonyl (C=O) groups is 1. The van der Waals surface area contributed by atoms with Gasteiger partial charge in [0, 0.05) is 90.3 Å². The zero-order valence-electron chi connectivity index (χ0n) is 40.4. The Balaban J connectivity index is 0.000000226. The van der Waals surface area contributed by atoms with E-state index < -0.39 is 0 Å². The SMILES string of the molecule is C.C1CCOC1.CCOC(=O)Cc1ccc2sc3ncnc(NC4CCC(N5CCOCC5)CC4)c3c2c1.OCCc1ccc2sc3ncnc(NC4CCC(N5CCOCC5)CC4)c3c2c1.[AlH3].[H-].[Li+]. The summed E-state index contributed by atoms with van der Waals surface area (Å²) < 4.78 is 23.5. The number of fused-ring (bicyclic) bond motifs is 6. The quantitative estimate of drug-likeness (QED) is 0.120. The first-order valence-corrected chi connectivity index (χ1v) is 26.0. The molecule has 370 valence electrons. The Morgan fingerprint density at radius 1 is 0.696 bits per heavy atom. The first kappa shape index (κ1) is 55.3. The second-order valence-electron chi connectivity index (χ2n) is 18.0. The zero-order chi connectivity index (χ0) is 45.1. The minimum Gasteiger partial charge on any atom is -1.00 e. The number of morpholine rings is 2. The van der Waals surface area contributed by atoms with Crippen LogP contribution in [0.3, 0.4) is 0 Å². The first-order chi connectivity index (χ1) is 32.5. The molecule has 2 saturated carbocycles. The topological polar surface area (TPSA) is 156 Å². The molecule has 2 aromatic carbocycles. The number of aliphatic hydroxyl groups is 1. The molecule has 18 heteroatoms. The summed E-state index contributed by atoms with van der Waals surface area (Å²) in [6.07, 6.45) is 16.4. The molecule has 5 aliphatic rings. The molecule has 0 unspecified atom stereocenters. The number of aromatic nitrogens is 4. The maximum Gasteiger partial charge on any atom is 1.00 e. The van der Waals surface area contributed by atoms with Gasteiger partial charge in [0.05, 0.1) is 50.2 Å². The van der Waals surface area contributed by atoms with Crippen molar-refractivity contribution in [2.45, 2.75) is 116 Å². The number of nitrogens with one attached hydrogen (secondary N) is 2. The Labute approximate surface area is 439 Å². The normalized spacial score (nSPS) is 22.0. The smallest absolute Gasteiger partial charge is 1.00 e. The third-order valence-corrected chi connectivity index (χ3v) is 15.9. The Morgan fingerprint density at radius 3 is 1.58 bits per heavy atom. The van der Waals surface area contributed by atoms with Gasteiger partial charge in [-0.05, 0) is 113 Å². The van der Waals surface area contributed by atoms with Crippen molar-refractivity contribution in [3.05, 3.63) is 60.2 Å². The average molecular weight is 993 g/mol. The molecule has 0 radical (unpaired) electrons. The van der Waals surface area contributed by atoms with Crippen LogP contribution in [0.5, 0.6) is 0 Å². The summed E-state index contributed by atoms with van der Waals surface area (Å²) in [5.41, 5.74) is 2.11. The number of hydrogen-bond donors (Lipinski definition) is 3. The predicted molar refractivity (Wildman–Crippen MR) is 283 cm³/mol. The molecule has 0 spiro atoms. The van der Waals surface area contributed by atoms with E-state index in [0.717, 1.165) is 132 Å². The van der Waals surface area contributed by atoms with Gasteiger partial charge in [0.1, 0.15) is 34.0 Å². The second kappa shape index (κ2) is 27.7. The van der Waals surface area contributed by atoms with Gasteiger partial charge in [0.15, 0.2) is 17.4 Å². The molecular weight excluding hydrogens is 919 g/mol. The van der Waals surface area contributed by atoms with Gasteiger partial charge in [-0.15, -0.1) is 22.7 Å². The van der Waals surface area contributed by atoms with E-state index in [2.05, 4.69) is 70.7 Å². The number of hydrogen-bond acceptors (Lipinski definition) is 16. The standard InChI is InChI=1S/C24H30N4O3S.C22H28N4O2S.C4H8O.CH4.Al.Li.4H/c1-2-31-21(29)14-16-3-8-20-19(13-16)22-23(25-15-26-24(22)32-20)27-17-4-6-18(7-5-17)28-9-11-30-12-10-28;27-10-7-15-1-6-19-18(13-15)20-21(23-14-24-22(20)29-19)25-16-2-4-17(5-3-16)26-8-11-28-12-9-26;1-2-4-5-3-1;;;;;;;/h3,8,13,15,17-18H,2,4-7,9-12,14H2,1H3,(H,25,26,27);1,6,13-14,16-17,27H,2-5,7-12H2,(H,23,24,25);1-4H2;1H4;;;;;;/q;;;;;+1;;;;-1. The van der Waals surface area contributed by atoms with Crippen LogP contribution in [0.25, 0.3) is 40.6 Å². The number of nitrogens with zero attached hydrogens (tertiary/aromatic N) is 6. The number of rotatable bonds is 11. The molecule has 6 aromatic rings. The number of esters is 1. The molecule has 4 aromatic heterocycles. The third kappa shape index (κ3) is 14.4. The van der Waals surface area contributed by atoms with Gasteiger partial charge in [-0.2, -0.15) is 0 Å². The van der Waals surface area contributed by atoms with E-state index >= 15 is 0 Å². The van der Waals surface area contributed by atoms with Crippen LogP contribution in [0.15, 0.2) is 49.1 Å². The molecule has 0 amide bonds. The van der Waals surface area contributed by atoms with Crippen LogP contribution in [-0.4, -0.2) is 161 Å². The summed E-state index contributed by atoms with van der Waals surface area (Å²) >= 11 is 3.38. The summed E-state index contributed by atoms with van der Waals surface area (Å²) in [5, 5.41) is 21.3. The van der Waals surface area contributed by atoms with Crippen molar-refractivity contribution in [3.8, 4) is 0 Å². The van der Waals surface area contributed by atoms with Gasteiger partial charge >= 0.3 is 24.8 Å². The second-order valence-corrected chi connectivity index (χ2v) is 20.1. The Hall–Kier alpha value is -3.00. The van der Waals surface area contributed by atoms with Crippen molar-refractivity contribution < 1.29 is 49.1 Å². The zero-order valence-corrected chi connectivity index (χ0v) is 41.0. The van der Waals surface area contributed by atoms with Crippen LogP contribution in [0.2, 0.25) is 0 Å². The van der Waals surface area contributed by atoms with E-state index in [1.54, 1.807) is 35.3 Å². The molecule has 3 N–H and O–H groups in total. The summed E-state index contributed by atoms with van der Waals surface area (Å²) in [6.45, 7) is 12.1. The van der Waals surface area contributed by atoms with Crippen molar-refractivity contribution >= 4 is 98.2 Å². The van der Waals surface area contributed by atoms with Crippen LogP contribution in [0, 0.1) is 0 Å². The molecule has 3 aliphatic heterocycles. The van der Waals surface area contributed by atoms with Gasteiger partial charge in [-0.3, -0.25) is 14.6 Å². The Bertz CT molecular complexity index is 2500. The van der Waals surface area contributed by atoms with E-state index in [-0.39, 0.29) is 64.1 Å². The van der Waals surface area contributed by atoms with Gasteiger partial charge < -0.3 is 36.1 Å². The fourth-order valence-electron chi connectivity index (χ4n) is 10.3. The molecule has 0 atom stereocenters. The molecule has 3 saturated heterocycles. The Morgan fingerprint density at radius 2 is 1.14 bits per heavy atom. The monoisotopic (exact) mass is 993 g/mol. The predicted octanol–water partition coefficient (Wildman–Crippen LogP) is 4.81. The number of anilines is 2. The molecule has 2 aliphatic carbocycles. The molecule has 5 fully saturated rings. The average Bonchev–Trinajstić information content (AvgIpc) is 4.14. The summed E-state index contributed by atoms with van der Waals surface area (Å²) in [5.74, 6) is 1.67. The van der Waals surface area contributed by atoms with Gasteiger partial charge in [0.2, 0.25) is 0 Å². The maximum atomic E-state index is 12.0. The minimum absolute atomic E-state index is 0. The van der Waals surface area contributed by atoms with Crippen molar-refractivity contribution in [3.63, 3.8) is 0 Å². The van der Waals surface area contributed by atoms with E-state index in [1.165, 1.54) is 61.5 Å². The molecule has 7 heterocycles. The summed E-state index contributed by atoms with van der Waals surface area (Å²) in [7, 11) is 0. The van der Waals surface area contributed by atoms with Crippen molar-refractivity contribution in [2.75, 3.05) is 89.7 Å². The number of carbonyl (C=O) groups excluding carboxylic acids is 1. The molecular formula is C51H74AlLiN8O6S2. The van der Waals surface area contributed by atoms with Crippen molar-refractivity contribution in [1.29, 1.82) is 0 Å². The van der Waals surface area contributed by atoms with Crippen LogP contribution < -0.4 is 29.5 Å². The summed E-state index contributed by atoms with van der Waals surface area (Å²) in [4.78, 5) is 37.4. The van der Waals surface area contributed by atoms with E-state index in [1.807, 2.05) is 13.0 Å². The van der Waals surface area contributed by atoms with Gasteiger partial charge in [-0.1, -0.05) is 19.6 Å². The minimum atomic E-state index is -0.196.